The van der Waals surface area contributed by atoms with Crippen molar-refractivity contribution in [2.75, 3.05) is 11.9 Å². The van der Waals surface area contributed by atoms with Crippen LogP contribution in [0.3, 0.4) is 0 Å². The number of ether oxygens (including phenoxy) is 1. The molecule has 0 unspecified atom stereocenters. The molecule has 5 rings (SSSR count). The minimum Gasteiger partial charge on any atom is -0.493 e. The Morgan fingerprint density at radius 3 is 2.93 bits per heavy atom. The molecular weight excluding hydrogens is 405 g/mol. The minimum absolute atomic E-state index is 0.252. The van der Waals surface area contributed by atoms with Crippen LogP contribution < -0.4 is 10.1 Å². The fourth-order valence-electron chi connectivity index (χ4n) is 4.03. The zero-order valence-corrected chi connectivity index (χ0v) is 17.3. The van der Waals surface area contributed by atoms with Gasteiger partial charge in [-0.05, 0) is 31.2 Å². The van der Waals surface area contributed by atoms with E-state index in [1.165, 1.54) is 6.07 Å². The van der Waals surface area contributed by atoms with Gasteiger partial charge in [0.25, 0.3) is 0 Å². The van der Waals surface area contributed by atoms with Gasteiger partial charge in [0.15, 0.2) is 0 Å². The Hall–Kier alpha value is -3.19. The maximum absolute atomic E-state index is 14.5. The van der Waals surface area contributed by atoms with Crippen molar-refractivity contribution < 1.29 is 9.13 Å². The van der Waals surface area contributed by atoms with Crippen molar-refractivity contribution in [2.45, 2.75) is 19.9 Å². The molecule has 0 amide bonds. The van der Waals surface area contributed by atoms with E-state index in [9.17, 15) is 4.39 Å². The monoisotopic (exact) mass is 423 g/mol. The lowest BCUT2D eigenvalue weighted by Gasteiger charge is -2.14. The normalized spacial score (nSPS) is 12.8. The molecule has 8 heteroatoms. The second-order valence-corrected chi connectivity index (χ2v) is 7.65. The number of benzene rings is 1. The minimum atomic E-state index is -0.252. The summed E-state index contributed by atoms with van der Waals surface area (Å²) in [5.41, 5.74) is 4.16. The lowest BCUT2D eigenvalue weighted by Crippen LogP contribution is -2.07. The number of anilines is 1. The molecule has 1 aromatic carbocycles. The number of halogens is 2. The Balaban J connectivity index is 1.57. The standard InChI is InChI=1S/C22H19ClFN5O/c1-12-9-18(29(2)28-12)16-11-27-22(14-5-7-25-21(23)20(14)16)26-10-15-13-6-8-30-19(13)4-3-17(15)24/h3-5,7,9,11H,6,8,10H2,1-2H3,(H,26,27). The molecular formula is C22H19ClFN5O. The summed E-state index contributed by atoms with van der Waals surface area (Å²) in [7, 11) is 1.88. The van der Waals surface area contributed by atoms with Crippen LogP contribution in [0.25, 0.3) is 22.0 Å². The third-order valence-electron chi connectivity index (χ3n) is 5.40. The number of aromatic nitrogens is 4. The number of aryl methyl sites for hydroxylation is 2. The summed E-state index contributed by atoms with van der Waals surface area (Å²) in [6.45, 7) is 2.81. The molecule has 152 valence electrons. The predicted octanol–water partition coefficient (Wildman–Crippen LogP) is 4.68. The number of pyridine rings is 2. The van der Waals surface area contributed by atoms with Crippen LogP contribution in [0.2, 0.25) is 5.15 Å². The third kappa shape index (κ3) is 3.06. The molecule has 1 N–H and O–H groups in total. The highest BCUT2D eigenvalue weighted by Gasteiger charge is 2.20. The van der Waals surface area contributed by atoms with Gasteiger partial charge in [-0.1, -0.05) is 11.6 Å². The molecule has 0 saturated carbocycles. The van der Waals surface area contributed by atoms with E-state index in [4.69, 9.17) is 16.3 Å². The van der Waals surface area contributed by atoms with E-state index in [-0.39, 0.29) is 5.82 Å². The van der Waals surface area contributed by atoms with Crippen LogP contribution in [0.5, 0.6) is 5.75 Å². The fourth-order valence-corrected chi connectivity index (χ4v) is 4.29. The van der Waals surface area contributed by atoms with E-state index >= 15 is 0 Å². The van der Waals surface area contributed by atoms with Crippen molar-refractivity contribution in [2.24, 2.45) is 7.05 Å². The Kier molecular flexibility index (Phi) is 4.55. The summed E-state index contributed by atoms with van der Waals surface area (Å²) < 4.78 is 21.9. The molecule has 3 aromatic heterocycles. The van der Waals surface area contributed by atoms with Gasteiger partial charge in [0.1, 0.15) is 22.5 Å². The van der Waals surface area contributed by atoms with Crippen molar-refractivity contribution in [3.8, 4) is 17.0 Å². The van der Waals surface area contributed by atoms with Gasteiger partial charge in [-0.3, -0.25) is 4.68 Å². The van der Waals surface area contributed by atoms with Gasteiger partial charge >= 0.3 is 0 Å². The van der Waals surface area contributed by atoms with Gasteiger partial charge in [0.2, 0.25) is 0 Å². The molecule has 30 heavy (non-hydrogen) atoms. The molecule has 0 spiro atoms. The first-order valence-electron chi connectivity index (χ1n) is 9.64. The fraction of sp³-hybridized carbons (Fsp3) is 0.227. The molecule has 0 aliphatic carbocycles. The van der Waals surface area contributed by atoms with E-state index < -0.39 is 0 Å². The summed E-state index contributed by atoms with van der Waals surface area (Å²) in [6.07, 6.45) is 4.10. The summed E-state index contributed by atoms with van der Waals surface area (Å²) >= 11 is 6.49. The van der Waals surface area contributed by atoms with Crippen molar-refractivity contribution >= 4 is 28.2 Å². The SMILES string of the molecule is Cc1cc(-c2cnc(NCc3c(F)ccc4c3CCO4)c3ccnc(Cl)c23)n(C)n1. The van der Waals surface area contributed by atoms with Crippen LogP contribution in [0.4, 0.5) is 10.2 Å². The number of nitrogens with one attached hydrogen (secondary N) is 1. The Morgan fingerprint density at radius 2 is 2.13 bits per heavy atom. The topological polar surface area (TPSA) is 64.9 Å². The van der Waals surface area contributed by atoms with E-state index in [1.54, 1.807) is 23.1 Å². The third-order valence-corrected chi connectivity index (χ3v) is 5.69. The molecule has 0 radical (unpaired) electrons. The highest BCUT2D eigenvalue weighted by Crippen LogP contribution is 2.36. The van der Waals surface area contributed by atoms with Crippen molar-refractivity contribution in [3.05, 3.63) is 64.5 Å². The van der Waals surface area contributed by atoms with Gasteiger partial charge in [-0.25, -0.2) is 14.4 Å². The molecule has 4 heterocycles. The Labute approximate surface area is 177 Å². The molecule has 0 fully saturated rings. The Bertz CT molecular complexity index is 1290. The first-order chi connectivity index (χ1) is 14.5. The quantitative estimate of drug-likeness (QED) is 0.483. The molecule has 0 bridgehead atoms. The van der Waals surface area contributed by atoms with Crippen LogP contribution in [-0.4, -0.2) is 26.4 Å². The first kappa shape index (κ1) is 18.8. The largest absolute Gasteiger partial charge is 0.493 e. The first-order valence-corrected chi connectivity index (χ1v) is 10.0. The predicted molar refractivity (Wildman–Crippen MR) is 114 cm³/mol. The number of fused-ring (bicyclic) bond motifs is 2. The van der Waals surface area contributed by atoms with E-state index in [0.717, 1.165) is 39.0 Å². The number of hydrogen-bond acceptors (Lipinski definition) is 5. The van der Waals surface area contributed by atoms with Gasteiger partial charge < -0.3 is 10.1 Å². The Morgan fingerprint density at radius 1 is 1.27 bits per heavy atom. The second kappa shape index (κ2) is 7.25. The van der Waals surface area contributed by atoms with Crippen molar-refractivity contribution in [1.82, 2.24) is 19.7 Å². The van der Waals surface area contributed by atoms with E-state index in [2.05, 4.69) is 20.4 Å². The number of rotatable bonds is 4. The smallest absolute Gasteiger partial charge is 0.137 e. The van der Waals surface area contributed by atoms with Crippen molar-refractivity contribution in [1.29, 1.82) is 0 Å². The number of hydrogen-bond donors (Lipinski definition) is 1. The van der Waals surface area contributed by atoms with Gasteiger partial charge in [-0.2, -0.15) is 5.10 Å². The highest BCUT2D eigenvalue weighted by molar-refractivity contribution is 6.35. The maximum Gasteiger partial charge on any atom is 0.137 e. The lowest BCUT2D eigenvalue weighted by atomic mass is 10.0. The average Bonchev–Trinajstić information content (AvgIpc) is 3.33. The molecule has 4 aromatic rings. The van der Waals surface area contributed by atoms with Crippen LogP contribution in [-0.2, 0) is 20.0 Å². The number of nitrogens with zero attached hydrogens (tertiary/aromatic N) is 4. The summed E-state index contributed by atoms with van der Waals surface area (Å²) in [5.74, 6) is 1.12. The second-order valence-electron chi connectivity index (χ2n) is 7.29. The van der Waals surface area contributed by atoms with Gasteiger partial charge in [0, 0.05) is 59.9 Å². The van der Waals surface area contributed by atoms with Crippen LogP contribution in [0.1, 0.15) is 16.8 Å². The van der Waals surface area contributed by atoms with Crippen LogP contribution >= 0.6 is 11.6 Å². The summed E-state index contributed by atoms with van der Waals surface area (Å²) in [5, 5.41) is 9.68. The summed E-state index contributed by atoms with van der Waals surface area (Å²) in [4.78, 5) is 8.88. The van der Waals surface area contributed by atoms with E-state index in [1.807, 2.05) is 26.1 Å². The molecule has 1 aliphatic rings. The zero-order chi connectivity index (χ0) is 20.8. The maximum atomic E-state index is 14.5. The zero-order valence-electron chi connectivity index (χ0n) is 16.5. The average molecular weight is 424 g/mol. The molecule has 0 saturated heterocycles. The van der Waals surface area contributed by atoms with Crippen LogP contribution in [0, 0.1) is 12.7 Å². The lowest BCUT2D eigenvalue weighted by molar-refractivity contribution is 0.356. The highest BCUT2D eigenvalue weighted by atomic mass is 35.5. The molecule has 6 nitrogen and oxygen atoms in total. The molecule has 1 aliphatic heterocycles. The van der Waals surface area contributed by atoms with Gasteiger partial charge in [-0.15, -0.1) is 0 Å². The van der Waals surface area contributed by atoms with Crippen LogP contribution in [0.15, 0.2) is 36.7 Å². The van der Waals surface area contributed by atoms with Gasteiger partial charge in [0.05, 0.1) is 18.0 Å². The summed E-state index contributed by atoms with van der Waals surface area (Å²) in [6, 6.07) is 6.97. The molecule has 0 atom stereocenters. The van der Waals surface area contributed by atoms with Crippen molar-refractivity contribution in [3.63, 3.8) is 0 Å². The van der Waals surface area contributed by atoms with E-state index in [0.29, 0.717) is 36.1 Å².